The van der Waals surface area contributed by atoms with Crippen LogP contribution in [0.15, 0.2) is 48.5 Å². The van der Waals surface area contributed by atoms with Gasteiger partial charge in [0.1, 0.15) is 5.75 Å². The molecule has 7 nitrogen and oxygen atoms in total. The summed E-state index contributed by atoms with van der Waals surface area (Å²) < 4.78 is 5.68. The van der Waals surface area contributed by atoms with Gasteiger partial charge in [-0.3, -0.25) is 25.2 Å². The molecule has 0 saturated heterocycles. The van der Waals surface area contributed by atoms with Crippen molar-refractivity contribution in [1.29, 1.82) is 0 Å². The number of unbranched alkanes of at least 4 members (excludes halogenated alkanes) is 4. The molecule has 0 unspecified atom stereocenters. The molecule has 0 bridgehead atoms. The molecule has 2 aromatic carbocycles. The predicted molar refractivity (Wildman–Crippen MR) is 116 cm³/mol. The van der Waals surface area contributed by atoms with Crippen molar-refractivity contribution >= 4 is 23.4 Å². The Labute approximate surface area is 177 Å². The Kier molecular flexibility index (Phi) is 9.37. The Bertz CT molecular complexity index is 833. The number of hydrogen-bond donors (Lipinski definition) is 3. The van der Waals surface area contributed by atoms with Crippen molar-refractivity contribution in [2.75, 3.05) is 11.9 Å². The first kappa shape index (κ1) is 22.9. The van der Waals surface area contributed by atoms with Crippen LogP contribution in [-0.4, -0.2) is 24.3 Å². The molecule has 3 amide bonds. The predicted octanol–water partition coefficient (Wildman–Crippen LogP) is 4.07. The zero-order chi connectivity index (χ0) is 21.8. The topological polar surface area (TPSA) is 96.5 Å². The van der Waals surface area contributed by atoms with Gasteiger partial charge in [0, 0.05) is 23.7 Å². The maximum absolute atomic E-state index is 12.2. The fourth-order valence-corrected chi connectivity index (χ4v) is 2.76. The van der Waals surface area contributed by atoms with E-state index in [1.807, 2.05) is 0 Å². The zero-order valence-corrected chi connectivity index (χ0v) is 17.5. The largest absolute Gasteiger partial charge is 0.494 e. The summed E-state index contributed by atoms with van der Waals surface area (Å²) in [6, 6.07) is 13.1. The second kappa shape index (κ2) is 12.3. The van der Waals surface area contributed by atoms with E-state index in [0.717, 1.165) is 12.8 Å². The van der Waals surface area contributed by atoms with Crippen molar-refractivity contribution < 1.29 is 19.1 Å². The summed E-state index contributed by atoms with van der Waals surface area (Å²) in [6.45, 7) is 4.25. The van der Waals surface area contributed by atoms with Crippen LogP contribution in [0.3, 0.4) is 0 Å². The molecule has 0 radical (unpaired) electrons. The van der Waals surface area contributed by atoms with E-state index >= 15 is 0 Å². The number of benzene rings is 2. The Morgan fingerprint density at radius 2 is 1.30 bits per heavy atom. The molecule has 0 heterocycles. The Morgan fingerprint density at radius 1 is 0.767 bits per heavy atom. The molecular formula is C23H29N3O4. The molecule has 0 spiro atoms. The third kappa shape index (κ3) is 7.95. The SMILES string of the molecule is CCCCCCCOc1ccc(C(=O)NNC(=O)c2ccc(NC(C)=O)cc2)cc1. The van der Waals surface area contributed by atoms with Crippen LogP contribution in [0.1, 0.15) is 66.7 Å². The third-order valence-electron chi connectivity index (χ3n) is 4.39. The minimum absolute atomic E-state index is 0.192. The van der Waals surface area contributed by atoms with Crippen LogP contribution in [0.2, 0.25) is 0 Å². The second-order valence-corrected chi connectivity index (χ2v) is 6.95. The van der Waals surface area contributed by atoms with E-state index in [2.05, 4.69) is 23.1 Å². The maximum Gasteiger partial charge on any atom is 0.269 e. The second-order valence-electron chi connectivity index (χ2n) is 6.95. The van der Waals surface area contributed by atoms with Crippen molar-refractivity contribution in [2.45, 2.75) is 46.0 Å². The average Bonchev–Trinajstić information content (AvgIpc) is 2.75. The summed E-state index contributed by atoms with van der Waals surface area (Å²) in [6.07, 6.45) is 5.87. The van der Waals surface area contributed by atoms with Crippen LogP contribution in [0.4, 0.5) is 5.69 Å². The van der Waals surface area contributed by atoms with Crippen molar-refractivity contribution in [3.63, 3.8) is 0 Å². The Hall–Kier alpha value is -3.35. The molecule has 3 N–H and O–H groups in total. The highest BCUT2D eigenvalue weighted by molar-refractivity contribution is 5.99. The van der Waals surface area contributed by atoms with E-state index in [9.17, 15) is 14.4 Å². The molecule has 0 saturated carbocycles. The summed E-state index contributed by atoms with van der Waals surface area (Å²) in [5, 5.41) is 2.62. The summed E-state index contributed by atoms with van der Waals surface area (Å²) >= 11 is 0. The molecule has 30 heavy (non-hydrogen) atoms. The lowest BCUT2D eigenvalue weighted by Gasteiger charge is -2.09. The van der Waals surface area contributed by atoms with Gasteiger partial charge in [-0.05, 0) is 55.0 Å². The number of carbonyl (C=O) groups is 3. The highest BCUT2D eigenvalue weighted by Gasteiger charge is 2.09. The number of ether oxygens (including phenoxy) is 1. The first-order chi connectivity index (χ1) is 14.5. The average molecular weight is 412 g/mol. The minimum Gasteiger partial charge on any atom is -0.494 e. The van der Waals surface area contributed by atoms with Crippen molar-refractivity contribution in [2.24, 2.45) is 0 Å². The minimum atomic E-state index is -0.458. The monoisotopic (exact) mass is 411 g/mol. The van der Waals surface area contributed by atoms with E-state index in [1.54, 1.807) is 48.5 Å². The quantitative estimate of drug-likeness (QED) is 0.406. The van der Waals surface area contributed by atoms with E-state index in [4.69, 9.17) is 4.74 Å². The summed E-state index contributed by atoms with van der Waals surface area (Å²) in [5.74, 6) is -0.363. The van der Waals surface area contributed by atoms with Gasteiger partial charge < -0.3 is 10.1 Å². The van der Waals surface area contributed by atoms with Crippen LogP contribution < -0.4 is 20.9 Å². The van der Waals surface area contributed by atoms with Crippen LogP contribution in [0, 0.1) is 0 Å². The lowest BCUT2D eigenvalue weighted by molar-refractivity contribution is -0.114. The fraction of sp³-hybridized carbons (Fsp3) is 0.348. The molecule has 0 aliphatic carbocycles. The van der Waals surface area contributed by atoms with Crippen LogP contribution in [0.25, 0.3) is 0 Å². The van der Waals surface area contributed by atoms with E-state index in [0.29, 0.717) is 29.2 Å². The lowest BCUT2D eigenvalue weighted by atomic mass is 10.2. The highest BCUT2D eigenvalue weighted by Crippen LogP contribution is 2.13. The lowest BCUT2D eigenvalue weighted by Crippen LogP contribution is -2.41. The first-order valence-corrected chi connectivity index (χ1v) is 10.2. The van der Waals surface area contributed by atoms with Gasteiger partial charge >= 0.3 is 0 Å². The van der Waals surface area contributed by atoms with Crippen LogP contribution in [-0.2, 0) is 4.79 Å². The molecule has 2 rings (SSSR count). The maximum atomic E-state index is 12.2. The summed E-state index contributed by atoms with van der Waals surface area (Å²) in [4.78, 5) is 35.4. The third-order valence-corrected chi connectivity index (χ3v) is 4.39. The molecule has 0 fully saturated rings. The molecule has 0 aliphatic heterocycles. The highest BCUT2D eigenvalue weighted by atomic mass is 16.5. The molecule has 2 aromatic rings. The number of carbonyl (C=O) groups excluding carboxylic acids is 3. The number of amides is 3. The number of anilines is 1. The van der Waals surface area contributed by atoms with Gasteiger partial charge in [-0.25, -0.2) is 0 Å². The molecule has 0 aliphatic rings. The zero-order valence-electron chi connectivity index (χ0n) is 17.5. The Balaban J connectivity index is 1.76. The van der Waals surface area contributed by atoms with Crippen molar-refractivity contribution in [3.8, 4) is 5.75 Å². The molecule has 160 valence electrons. The van der Waals surface area contributed by atoms with Gasteiger partial charge in [-0.1, -0.05) is 32.6 Å². The molecule has 0 atom stereocenters. The van der Waals surface area contributed by atoms with Crippen molar-refractivity contribution in [3.05, 3.63) is 59.7 Å². The molecule has 7 heteroatoms. The van der Waals surface area contributed by atoms with Gasteiger partial charge in [-0.2, -0.15) is 0 Å². The van der Waals surface area contributed by atoms with E-state index < -0.39 is 11.8 Å². The molecule has 0 aromatic heterocycles. The first-order valence-electron chi connectivity index (χ1n) is 10.2. The normalized spacial score (nSPS) is 10.2. The number of hydrazine groups is 1. The van der Waals surface area contributed by atoms with Gasteiger partial charge in [0.25, 0.3) is 11.8 Å². The van der Waals surface area contributed by atoms with E-state index in [-0.39, 0.29) is 5.91 Å². The van der Waals surface area contributed by atoms with E-state index in [1.165, 1.54) is 26.2 Å². The molecular weight excluding hydrogens is 382 g/mol. The number of nitrogens with one attached hydrogen (secondary N) is 3. The summed E-state index contributed by atoms with van der Waals surface area (Å²) in [5.41, 5.74) is 6.11. The van der Waals surface area contributed by atoms with Crippen LogP contribution in [0.5, 0.6) is 5.75 Å². The van der Waals surface area contributed by atoms with Gasteiger partial charge in [0.15, 0.2) is 0 Å². The smallest absolute Gasteiger partial charge is 0.269 e. The number of rotatable bonds is 10. The van der Waals surface area contributed by atoms with Gasteiger partial charge in [0.2, 0.25) is 5.91 Å². The fourth-order valence-electron chi connectivity index (χ4n) is 2.76. The number of hydrogen-bond acceptors (Lipinski definition) is 4. The van der Waals surface area contributed by atoms with Gasteiger partial charge in [0.05, 0.1) is 6.61 Å². The van der Waals surface area contributed by atoms with Gasteiger partial charge in [-0.15, -0.1) is 0 Å². The standard InChI is InChI=1S/C23H29N3O4/c1-3-4-5-6-7-16-30-21-14-10-19(11-15-21)23(29)26-25-22(28)18-8-12-20(13-9-18)24-17(2)27/h8-15H,3-7,16H2,1-2H3,(H,24,27)(H,25,28)(H,26,29). The Morgan fingerprint density at radius 3 is 1.83 bits per heavy atom. The summed E-state index contributed by atoms with van der Waals surface area (Å²) in [7, 11) is 0. The van der Waals surface area contributed by atoms with Crippen molar-refractivity contribution in [1.82, 2.24) is 10.9 Å². The van der Waals surface area contributed by atoms with Crippen LogP contribution >= 0.6 is 0 Å².